The van der Waals surface area contributed by atoms with Crippen LogP contribution in [0, 0.1) is 24.4 Å². The van der Waals surface area contributed by atoms with Gasteiger partial charge in [0.2, 0.25) is 0 Å². The molecule has 6 heteroatoms. The summed E-state index contributed by atoms with van der Waals surface area (Å²) in [5.74, 6) is -0.382. The second-order valence-corrected chi connectivity index (χ2v) is 13.8. The summed E-state index contributed by atoms with van der Waals surface area (Å²) in [6, 6.07) is 23.2. The zero-order valence-electron chi connectivity index (χ0n) is 46.8. The minimum Gasteiger partial charge on any atom is -0.510 e. The fourth-order valence-corrected chi connectivity index (χ4v) is 7.14. The molecule has 0 aliphatic heterocycles. The van der Waals surface area contributed by atoms with Crippen LogP contribution in [0.3, 0.4) is 0 Å². The molecule has 5 nitrogen and oxygen atoms in total. The number of rotatable bonds is 9. The van der Waals surface area contributed by atoms with Crippen molar-refractivity contribution in [1.29, 1.82) is 0 Å². The first-order valence-electron chi connectivity index (χ1n) is 26.0. The zero-order chi connectivity index (χ0) is 52.3. The summed E-state index contributed by atoms with van der Waals surface area (Å²) in [5.41, 5.74) is 2.49. The Kier molecular flexibility index (Phi) is 6.62. The molecule has 0 saturated heterocycles. The van der Waals surface area contributed by atoms with Crippen molar-refractivity contribution >= 4 is 32.8 Å². The monoisotopic (exact) mass is 958 g/mol. The largest absolute Gasteiger partial charge is 0.510 e. The van der Waals surface area contributed by atoms with Crippen LogP contribution in [-0.4, -0.2) is 14.1 Å². The molecule has 0 saturated carbocycles. The Balaban J connectivity index is 0.00000672. The van der Waals surface area contributed by atoms with E-state index in [2.05, 4.69) is 23.4 Å². The van der Waals surface area contributed by atoms with Crippen LogP contribution in [0.5, 0.6) is 11.5 Å². The summed E-state index contributed by atoms with van der Waals surface area (Å²) in [6.07, 6.45) is 4.91. The van der Waals surface area contributed by atoms with Crippen molar-refractivity contribution in [3.05, 3.63) is 200 Å². The summed E-state index contributed by atoms with van der Waals surface area (Å²) in [4.78, 5) is 4.64. The number of benzene rings is 7. The number of hydrogen-bond donors (Lipinski definition) is 0. The van der Waals surface area contributed by atoms with E-state index >= 15 is 0 Å². The third kappa shape index (κ3) is 6.96. The molecule has 1 atom stereocenters. The van der Waals surface area contributed by atoms with Gasteiger partial charge in [-0.3, -0.25) is 4.57 Å². The average molecular weight is 959 g/mol. The zero-order valence-corrected chi connectivity index (χ0v) is 34.0. The SMILES string of the molecule is [2H]c1c([2H])c([2H])c(-c2cccc(-c3c([2H])c([2H])c([2H])c([2H])c3[2H])c2-[n+]2[c-]n(-c3[c-]c(Oc4[c-]c5c(cc4)c4c([2H])c([2H])c([2H])c([2H])c4n5-c4cc(C([2H])(C)C(C)C)ccn4)ccc3)c3ccccc32)c([2H])c1[2H].[Pt]. The average Bonchev–Trinajstić information content (AvgIpc) is 3.94. The van der Waals surface area contributed by atoms with Crippen molar-refractivity contribution in [2.24, 2.45) is 5.92 Å². The molecule has 59 heavy (non-hydrogen) atoms. The van der Waals surface area contributed by atoms with E-state index in [4.69, 9.17) is 25.3 Å². The smallest absolute Gasteiger partial charge is 0.268 e. The molecule has 1 unspecified atom stereocenters. The number of nitrogens with zero attached hydrogens (tertiary/aromatic N) is 4. The van der Waals surface area contributed by atoms with Crippen molar-refractivity contribution in [1.82, 2.24) is 14.1 Å². The van der Waals surface area contributed by atoms with Gasteiger partial charge in [-0.1, -0.05) is 147 Å². The van der Waals surface area contributed by atoms with Gasteiger partial charge in [-0.15, -0.1) is 29.7 Å². The molecule has 3 heterocycles. The van der Waals surface area contributed by atoms with Gasteiger partial charge in [-0.25, -0.2) is 4.98 Å². The number of imidazole rings is 1. The fraction of sp³-hybridized carbons (Fsp3) is 0.0943. The van der Waals surface area contributed by atoms with E-state index in [1.165, 1.54) is 6.07 Å². The fourth-order valence-electron chi connectivity index (χ4n) is 7.14. The van der Waals surface area contributed by atoms with Gasteiger partial charge < -0.3 is 13.9 Å². The van der Waals surface area contributed by atoms with E-state index in [0.29, 0.717) is 39.0 Å². The first-order valence-corrected chi connectivity index (χ1v) is 18.5. The van der Waals surface area contributed by atoms with E-state index in [0.717, 1.165) is 0 Å². The second-order valence-electron chi connectivity index (χ2n) is 13.8. The predicted molar refractivity (Wildman–Crippen MR) is 234 cm³/mol. The molecular weight excluding hydrogens is 904 g/mol. The van der Waals surface area contributed by atoms with Crippen molar-refractivity contribution in [3.63, 3.8) is 0 Å². The molecule has 7 aromatic carbocycles. The van der Waals surface area contributed by atoms with Crippen LogP contribution in [0.15, 0.2) is 176 Å². The second kappa shape index (κ2) is 16.0. The van der Waals surface area contributed by atoms with E-state index in [9.17, 15) is 0 Å². The Hall–Kier alpha value is -6.55. The van der Waals surface area contributed by atoms with Gasteiger partial charge in [0.1, 0.15) is 5.82 Å². The van der Waals surface area contributed by atoms with Gasteiger partial charge in [0.15, 0.2) is 0 Å². The van der Waals surface area contributed by atoms with Crippen LogP contribution in [-0.2, 0) is 21.1 Å². The van der Waals surface area contributed by atoms with E-state index in [1.54, 1.807) is 106 Å². The first-order chi connectivity index (χ1) is 34.6. The number of aromatic nitrogens is 4. The number of fused-ring (bicyclic) bond motifs is 4. The molecule has 0 bridgehead atoms. The Morgan fingerprint density at radius 1 is 0.678 bits per heavy atom. The first kappa shape index (κ1) is 24.4. The van der Waals surface area contributed by atoms with Gasteiger partial charge >= 0.3 is 0 Å². The number of para-hydroxylation sites is 4. The van der Waals surface area contributed by atoms with E-state index in [-0.39, 0.29) is 89.4 Å². The van der Waals surface area contributed by atoms with Gasteiger partial charge in [0.25, 0.3) is 6.33 Å². The molecule has 0 amide bonds. The normalized spacial score (nSPS) is 16.0. The predicted octanol–water partition coefficient (Wildman–Crippen LogP) is 12.7. The van der Waals surface area contributed by atoms with Crippen LogP contribution in [0.2, 0.25) is 0 Å². The molecule has 10 rings (SSSR count). The summed E-state index contributed by atoms with van der Waals surface area (Å²) in [6.45, 7) is 5.69. The third-order valence-electron chi connectivity index (χ3n) is 10.2. The minimum absolute atomic E-state index is 0. The Morgan fingerprint density at radius 2 is 1.36 bits per heavy atom. The van der Waals surface area contributed by atoms with Crippen LogP contribution in [0.25, 0.3) is 72.3 Å². The third-order valence-corrected chi connectivity index (χ3v) is 10.2. The van der Waals surface area contributed by atoms with Crippen LogP contribution in [0.1, 0.15) is 52.8 Å². The van der Waals surface area contributed by atoms with Gasteiger partial charge in [0, 0.05) is 45.6 Å². The standard InChI is InChI=1S/C53H40N4O.Pt/c1-36(2)37(3)40-30-31-54-52(32-40)57-48-25-11-10-22-46(48)47-29-28-43(34-51(47)57)58-42-21-14-20-41(33-42)55-35-56(50-27-13-12-26-49(50)55)53-44(38-16-6-4-7-17-38)23-15-24-45(53)39-18-8-5-9-19-39;/h4-32,36-37H,1-3H3;/q-2;/i4D,5D,6D,7D,8D,9D,10D,11D,16D,17D,18D,19D,22D,25D,37D;. The summed E-state index contributed by atoms with van der Waals surface area (Å²) < 4.78 is 142. The molecule has 3 aromatic heterocycles. The van der Waals surface area contributed by atoms with Crippen LogP contribution in [0.4, 0.5) is 0 Å². The maximum atomic E-state index is 9.14. The Morgan fingerprint density at radius 3 is 2.10 bits per heavy atom. The van der Waals surface area contributed by atoms with Crippen molar-refractivity contribution in [2.75, 3.05) is 0 Å². The Bertz CT molecular complexity index is 3840. The molecular formula is C53H40N4OPt-2. The molecule has 0 N–H and O–H groups in total. The summed E-state index contributed by atoms with van der Waals surface area (Å²) >= 11 is 0. The molecule has 10 aromatic rings. The van der Waals surface area contributed by atoms with Gasteiger partial charge in [-0.2, -0.15) is 18.2 Å². The van der Waals surface area contributed by atoms with Crippen LogP contribution >= 0.6 is 0 Å². The van der Waals surface area contributed by atoms with Crippen molar-refractivity contribution < 1.29 is 50.9 Å². The van der Waals surface area contributed by atoms with E-state index < -0.39 is 78.4 Å². The number of hydrogen-bond acceptors (Lipinski definition) is 2. The minimum atomic E-state index is -1.02. The van der Waals surface area contributed by atoms with Gasteiger partial charge in [0.05, 0.1) is 35.9 Å². The van der Waals surface area contributed by atoms with Crippen molar-refractivity contribution in [2.45, 2.75) is 26.7 Å². The molecule has 0 fully saturated rings. The Labute approximate surface area is 380 Å². The maximum Gasteiger partial charge on any atom is 0.268 e. The van der Waals surface area contributed by atoms with Gasteiger partial charge in [-0.05, 0) is 68.9 Å². The van der Waals surface area contributed by atoms with Crippen molar-refractivity contribution in [3.8, 4) is 50.9 Å². The molecule has 290 valence electrons. The van der Waals surface area contributed by atoms with E-state index in [1.807, 2.05) is 13.8 Å². The molecule has 0 radical (unpaired) electrons. The number of ether oxygens (including phenoxy) is 1. The topological polar surface area (TPSA) is 35.9 Å². The summed E-state index contributed by atoms with van der Waals surface area (Å²) in [7, 11) is 0. The number of pyridine rings is 1. The summed E-state index contributed by atoms with van der Waals surface area (Å²) in [5, 5.41) is 0.717. The quantitative estimate of drug-likeness (QED) is 0.107. The molecule has 0 aliphatic carbocycles. The maximum absolute atomic E-state index is 9.14. The van der Waals surface area contributed by atoms with Crippen LogP contribution < -0.4 is 9.30 Å². The molecule has 0 spiro atoms. The molecule has 0 aliphatic rings.